The Morgan fingerprint density at radius 2 is 1.57 bits per heavy atom. The molecule has 0 aliphatic rings. The van der Waals surface area contributed by atoms with Crippen molar-refractivity contribution in [1.82, 2.24) is 20.2 Å². The average Bonchev–Trinajstić information content (AvgIpc) is 2.76. The number of para-hydroxylation sites is 1. The van der Waals surface area contributed by atoms with Crippen LogP contribution in [0.2, 0.25) is 0 Å². The highest BCUT2D eigenvalue weighted by atomic mass is 16.5. The molecule has 0 spiro atoms. The van der Waals surface area contributed by atoms with Gasteiger partial charge in [0.2, 0.25) is 5.95 Å². The van der Waals surface area contributed by atoms with Gasteiger partial charge in [0.05, 0.1) is 6.20 Å². The van der Waals surface area contributed by atoms with Gasteiger partial charge in [-0.05, 0) is 54.1 Å². The number of ether oxygens (including phenoxy) is 1. The summed E-state index contributed by atoms with van der Waals surface area (Å²) < 4.78 is 5.79. The van der Waals surface area contributed by atoms with Crippen molar-refractivity contribution in [1.29, 1.82) is 0 Å². The Kier molecular flexibility index (Phi) is 5.34. The molecule has 4 rings (SSSR count). The van der Waals surface area contributed by atoms with Crippen LogP contribution in [0.25, 0.3) is 0 Å². The van der Waals surface area contributed by atoms with E-state index in [4.69, 9.17) is 4.74 Å². The Bertz CT molecular complexity index is 1010. The summed E-state index contributed by atoms with van der Waals surface area (Å²) >= 11 is 0. The number of rotatable bonds is 7. The van der Waals surface area contributed by atoms with Crippen molar-refractivity contribution < 1.29 is 4.74 Å². The highest BCUT2D eigenvalue weighted by molar-refractivity contribution is 5.55. The number of pyridine rings is 1. The zero-order valence-electron chi connectivity index (χ0n) is 15.0. The second kappa shape index (κ2) is 8.59. The lowest BCUT2D eigenvalue weighted by molar-refractivity contribution is 0.483. The largest absolute Gasteiger partial charge is 0.457 e. The molecule has 0 aliphatic carbocycles. The number of hydrogen-bond donors (Lipinski definition) is 2. The lowest BCUT2D eigenvalue weighted by Crippen LogP contribution is -2.05. The first-order chi connectivity index (χ1) is 13.8. The molecule has 138 valence electrons. The first-order valence-electron chi connectivity index (χ1n) is 8.78. The molecule has 0 saturated carbocycles. The van der Waals surface area contributed by atoms with Gasteiger partial charge in [0, 0.05) is 24.6 Å². The van der Waals surface area contributed by atoms with E-state index in [0.717, 1.165) is 22.7 Å². The maximum Gasteiger partial charge on any atom is 0.249 e. The molecular weight excluding hydrogens is 352 g/mol. The van der Waals surface area contributed by atoms with Gasteiger partial charge >= 0.3 is 0 Å². The van der Waals surface area contributed by atoms with E-state index >= 15 is 0 Å². The second-order valence-corrected chi connectivity index (χ2v) is 5.94. The zero-order chi connectivity index (χ0) is 19.0. The van der Waals surface area contributed by atoms with Gasteiger partial charge in [0.15, 0.2) is 5.82 Å². The van der Waals surface area contributed by atoms with Crippen LogP contribution in [0.1, 0.15) is 5.56 Å². The molecule has 2 N–H and O–H groups in total. The lowest BCUT2D eigenvalue weighted by atomic mass is 10.3. The fourth-order valence-corrected chi connectivity index (χ4v) is 2.49. The van der Waals surface area contributed by atoms with Gasteiger partial charge < -0.3 is 15.4 Å². The van der Waals surface area contributed by atoms with Crippen molar-refractivity contribution in [2.45, 2.75) is 6.54 Å². The fourth-order valence-electron chi connectivity index (χ4n) is 2.49. The van der Waals surface area contributed by atoms with Gasteiger partial charge in [-0.15, -0.1) is 5.10 Å². The molecule has 0 amide bonds. The quantitative estimate of drug-likeness (QED) is 0.498. The molecule has 0 radical (unpaired) electrons. The molecule has 2 aromatic carbocycles. The van der Waals surface area contributed by atoms with Gasteiger partial charge in [-0.1, -0.05) is 18.2 Å². The summed E-state index contributed by atoms with van der Waals surface area (Å²) in [6.45, 7) is 0.631. The molecule has 0 aliphatic heterocycles. The minimum Gasteiger partial charge on any atom is -0.457 e. The number of hydrogen-bond acceptors (Lipinski definition) is 7. The standard InChI is InChI=1S/C21H18N6O/c1-2-4-18(5-3-1)28-19-8-6-17(7-9-19)25-21-26-20(15-24-27-21)23-14-16-10-12-22-13-11-16/h1-13,15H,14H2,(H2,23,25,26,27). The van der Waals surface area contributed by atoms with E-state index in [1.807, 2.05) is 66.7 Å². The monoisotopic (exact) mass is 370 g/mol. The van der Waals surface area contributed by atoms with Crippen molar-refractivity contribution in [3.8, 4) is 11.5 Å². The van der Waals surface area contributed by atoms with Crippen molar-refractivity contribution >= 4 is 17.5 Å². The van der Waals surface area contributed by atoms with Crippen molar-refractivity contribution in [2.24, 2.45) is 0 Å². The van der Waals surface area contributed by atoms with E-state index in [0.29, 0.717) is 18.3 Å². The first kappa shape index (κ1) is 17.4. The van der Waals surface area contributed by atoms with Gasteiger partial charge in [-0.2, -0.15) is 10.1 Å². The van der Waals surface area contributed by atoms with Crippen molar-refractivity contribution in [2.75, 3.05) is 10.6 Å². The zero-order valence-corrected chi connectivity index (χ0v) is 15.0. The molecule has 28 heavy (non-hydrogen) atoms. The molecule has 4 aromatic rings. The minimum atomic E-state index is 0.413. The molecule has 0 unspecified atom stereocenters. The Hall–Kier alpha value is -4.00. The Labute approximate surface area is 162 Å². The molecule has 0 atom stereocenters. The molecule has 2 heterocycles. The first-order valence-corrected chi connectivity index (χ1v) is 8.78. The van der Waals surface area contributed by atoms with Crippen LogP contribution < -0.4 is 15.4 Å². The third-order valence-electron chi connectivity index (χ3n) is 3.87. The van der Waals surface area contributed by atoms with E-state index in [1.165, 1.54) is 0 Å². The number of aromatic nitrogens is 4. The molecular formula is C21H18N6O. The maximum atomic E-state index is 5.79. The summed E-state index contributed by atoms with van der Waals surface area (Å²) in [5.74, 6) is 2.60. The number of benzene rings is 2. The Balaban J connectivity index is 1.37. The van der Waals surface area contributed by atoms with E-state index < -0.39 is 0 Å². The van der Waals surface area contributed by atoms with Gasteiger partial charge in [-0.3, -0.25) is 4.98 Å². The summed E-state index contributed by atoms with van der Waals surface area (Å²) in [7, 11) is 0. The van der Waals surface area contributed by atoms with Crippen LogP contribution in [-0.2, 0) is 6.54 Å². The van der Waals surface area contributed by atoms with E-state index in [-0.39, 0.29) is 0 Å². The Morgan fingerprint density at radius 3 is 2.36 bits per heavy atom. The average molecular weight is 370 g/mol. The van der Waals surface area contributed by atoms with Crippen molar-refractivity contribution in [3.63, 3.8) is 0 Å². The van der Waals surface area contributed by atoms with E-state index in [9.17, 15) is 0 Å². The molecule has 7 heteroatoms. The van der Waals surface area contributed by atoms with Crippen molar-refractivity contribution in [3.05, 3.63) is 90.9 Å². The number of nitrogens with zero attached hydrogens (tertiary/aromatic N) is 4. The predicted molar refractivity (Wildman–Crippen MR) is 108 cm³/mol. The summed E-state index contributed by atoms with van der Waals surface area (Å²) in [6, 6.07) is 21.1. The van der Waals surface area contributed by atoms with Crippen LogP contribution in [0.5, 0.6) is 11.5 Å². The highest BCUT2D eigenvalue weighted by Crippen LogP contribution is 2.23. The van der Waals surface area contributed by atoms with Crippen LogP contribution >= 0.6 is 0 Å². The third kappa shape index (κ3) is 4.79. The van der Waals surface area contributed by atoms with Crippen LogP contribution in [0.15, 0.2) is 85.3 Å². The summed E-state index contributed by atoms with van der Waals surface area (Å²) in [5, 5.41) is 14.4. The molecule has 2 aromatic heterocycles. The second-order valence-electron chi connectivity index (χ2n) is 5.94. The van der Waals surface area contributed by atoms with Crippen LogP contribution in [0, 0.1) is 0 Å². The maximum absolute atomic E-state index is 5.79. The lowest BCUT2D eigenvalue weighted by Gasteiger charge is -2.09. The smallest absolute Gasteiger partial charge is 0.249 e. The summed E-state index contributed by atoms with van der Waals surface area (Å²) in [5.41, 5.74) is 1.95. The predicted octanol–water partition coefficient (Wildman–Crippen LogP) is 4.41. The minimum absolute atomic E-state index is 0.413. The molecule has 0 fully saturated rings. The number of anilines is 3. The van der Waals surface area contributed by atoms with Crippen LogP contribution in [-0.4, -0.2) is 20.2 Å². The van der Waals surface area contributed by atoms with Gasteiger partial charge in [0.25, 0.3) is 0 Å². The van der Waals surface area contributed by atoms with E-state index in [2.05, 4.69) is 30.8 Å². The number of nitrogens with one attached hydrogen (secondary N) is 2. The van der Waals surface area contributed by atoms with E-state index in [1.54, 1.807) is 18.6 Å². The topological polar surface area (TPSA) is 84.9 Å². The molecule has 0 bridgehead atoms. The van der Waals surface area contributed by atoms with Crippen LogP contribution in [0.3, 0.4) is 0 Å². The van der Waals surface area contributed by atoms with Crippen LogP contribution in [0.4, 0.5) is 17.5 Å². The van der Waals surface area contributed by atoms with Gasteiger partial charge in [-0.25, -0.2) is 0 Å². The fraction of sp³-hybridized carbons (Fsp3) is 0.0476. The third-order valence-corrected chi connectivity index (χ3v) is 3.87. The summed E-state index contributed by atoms with van der Waals surface area (Å²) in [4.78, 5) is 8.44. The molecule has 7 nitrogen and oxygen atoms in total. The van der Waals surface area contributed by atoms with Gasteiger partial charge in [0.1, 0.15) is 11.5 Å². The Morgan fingerprint density at radius 1 is 0.821 bits per heavy atom. The highest BCUT2D eigenvalue weighted by Gasteiger charge is 2.03. The SMILES string of the molecule is c1ccc(Oc2ccc(Nc3nncc(NCc4ccncc4)n3)cc2)cc1. The molecule has 0 saturated heterocycles. The summed E-state index contributed by atoms with van der Waals surface area (Å²) in [6.07, 6.45) is 5.10. The normalized spacial score (nSPS) is 10.3.